The van der Waals surface area contributed by atoms with Crippen LogP contribution in [0.1, 0.15) is 28.8 Å². The monoisotopic (exact) mass is 507 g/mol. The molecular weight excluding hydrogens is 482 g/mol. The van der Waals surface area contributed by atoms with Gasteiger partial charge in [0.15, 0.2) is 11.3 Å². The summed E-state index contributed by atoms with van der Waals surface area (Å²) >= 11 is 0. The van der Waals surface area contributed by atoms with Crippen LogP contribution < -0.4 is 10.1 Å². The maximum Gasteiger partial charge on any atom is 0.240 e. The Labute approximate surface area is 217 Å². The van der Waals surface area contributed by atoms with E-state index < -0.39 is 6.10 Å². The predicted molar refractivity (Wildman–Crippen MR) is 140 cm³/mol. The van der Waals surface area contributed by atoms with Gasteiger partial charge >= 0.3 is 0 Å². The molecule has 0 spiro atoms. The predicted octanol–water partition coefficient (Wildman–Crippen LogP) is 4.04. The number of aromatic nitrogens is 6. The zero-order valence-corrected chi connectivity index (χ0v) is 20.7. The molecule has 0 aliphatic rings. The van der Waals surface area contributed by atoms with Gasteiger partial charge in [-0.2, -0.15) is 4.52 Å². The van der Waals surface area contributed by atoms with E-state index in [1.165, 1.54) is 0 Å². The average Bonchev–Trinajstić information content (AvgIpc) is 3.58. The lowest BCUT2D eigenvalue weighted by Crippen LogP contribution is -2.21. The molecule has 2 aromatic carbocycles. The van der Waals surface area contributed by atoms with E-state index in [1.807, 2.05) is 79.7 Å². The Balaban J connectivity index is 1.20. The van der Waals surface area contributed by atoms with E-state index in [0.29, 0.717) is 41.9 Å². The standard InChI is InChI=1S/C28H25N7O3/c1-18-14-24(34-38-18)27-32-31-26-22-12-5-6-13-23(22)28(33-35(26)27)37-17-21-11-7-10-20(30-21)15-29-16-25(36)19-8-3-2-4-9-19/h2-14,25,29,36H,15-17H2,1H3. The number of nitrogens with one attached hydrogen (secondary N) is 1. The molecule has 6 rings (SSSR count). The van der Waals surface area contributed by atoms with Crippen LogP contribution in [0.4, 0.5) is 0 Å². The zero-order chi connectivity index (χ0) is 25.9. The van der Waals surface area contributed by atoms with Crippen molar-refractivity contribution in [2.75, 3.05) is 6.54 Å². The Bertz CT molecular complexity index is 1700. The number of nitrogens with zero attached hydrogens (tertiary/aromatic N) is 6. The molecule has 1 unspecified atom stereocenters. The minimum atomic E-state index is -0.583. The quantitative estimate of drug-likeness (QED) is 0.298. The van der Waals surface area contributed by atoms with Crippen molar-refractivity contribution in [3.63, 3.8) is 0 Å². The van der Waals surface area contributed by atoms with Gasteiger partial charge in [0.05, 0.1) is 17.5 Å². The summed E-state index contributed by atoms with van der Waals surface area (Å²) in [5.74, 6) is 1.58. The molecule has 0 saturated carbocycles. The summed E-state index contributed by atoms with van der Waals surface area (Å²) in [5, 5.41) is 32.7. The minimum Gasteiger partial charge on any atom is -0.470 e. The van der Waals surface area contributed by atoms with E-state index >= 15 is 0 Å². The Kier molecular flexibility index (Phi) is 6.47. The second-order valence-corrected chi connectivity index (χ2v) is 8.90. The van der Waals surface area contributed by atoms with Gasteiger partial charge in [0.2, 0.25) is 11.7 Å². The smallest absolute Gasteiger partial charge is 0.240 e. The topological polar surface area (TPSA) is 123 Å². The van der Waals surface area contributed by atoms with Gasteiger partial charge in [-0.25, -0.2) is 0 Å². The van der Waals surface area contributed by atoms with E-state index in [1.54, 1.807) is 10.6 Å². The third kappa shape index (κ3) is 4.82. The van der Waals surface area contributed by atoms with Crippen molar-refractivity contribution in [3.8, 4) is 17.4 Å². The number of hydrogen-bond acceptors (Lipinski definition) is 9. The minimum absolute atomic E-state index is 0.226. The Morgan fingerprint density at radius 1 is 0.947 bits per heavy atom. The molecule has 0 saturated heterocycles. The second-order valence-electron chi connectivity index (χ2n) is 8.90. The first-order valence-corrected chi connectivity index (χ1v) is 12.2. The molecule has 4 heterocycles. The highest BCUT2D eigenvalue weighted by atomic mass is 16.5. The summed E-state index contributed by atoms with van der Waals surface area (Å²) in [7, 11) is 0. The van der Waals surface area contributed by atoms with Gasteiger partial charge in [0, 0.05) is 29.9 Å². The summed E-state index contributed by atoms with van der Waals surface area (Å²) in [6.07, 6.45) is -0.583. The summed E-state index contributed by atoms with van der Waals surface area (Å²) in [6, 6.07) is 24.9. The number of pyridine rings is 1. The van der Waals surface area contributed by atoms with Gasteiger partial charge in [-0.15, -0.1) is 15.3 Å². The molecule has 0 amide bonds. The maximum absolute atomic E-state index is 10.4. The van der Waals surface area contributed by atoms with Crippen molar-refractivity contribution in [1.29, 1.82) is 0 Å². The van der Waals surface area contributed by atoms with Crippen LogP contribution in [-0.2, 0) is 13.2 Å². The molecule has 10 nitrogen and oxygen atoms in total. The number of aliphatic hydroxyl groups excluding tert-OH is 1. The fourth-order valence-electron chi connectivity index (χ4n) is 4.27. The molecule has 1 atom stereocenters. The van der Waals surface area contributed by atoms with Gasteiger partial charge in [0.25, 0.3) is 0 Å². The van der Waals surface area contributed by atoms with E-state index in [2.05, 4.69) is 20.7 Å². The normalized spacial score (nSPS) is 12.3. The molecule has 0 aliphatic heterocycles. The van der Waals surface area contributed by atoms with Crippen molar-refractivity contribution in [2.24, 2.45) is 0 Å². The van der Waals surface area contributed by atoms with E-state index in [4.69, 9.17) is 19.3 Å². The van der Waals surface area contributed by atoms with Crippen LogP contribution in [0.3, 0.4) is 0 Å². The fraction of sp³-hybridized carbons (Fsp3) is 0.179. The first kappa shape index (κ1) is 23.7. The Morgan fingerprint density at radius 2 is 1.74 bits per heavy atom. The van der Waals surface area contributed by atoms with Crippen molar-refractivity contribution in [2.45, 2.75) is 26.2 Å². The first-order valence-electron chi connectivity index (χ1n) is 12.2. The zero-order valence-electron chi connectivity index (χ0n) is 20.7. The lowest BCUT2D eigenvalue weighted by atomic mass is 10.1. The second kappa shape index (κ2) is 10.4. The average molecular weight is 508 g/mol. The highest BCUT2D eigenvalue weighted by molar-refractivity contribution is 5.96. The largest absolute Gasteiger partial charge is 0.470 e. The molecule has 2 N–H and O–H groups in total. The molecule has 0 bridgehead atoms. The third-order valence-electron chi connectivity index (χ3n) is 6.14. The van der Waals surface area contributed by atoms with Crippen molar-refractivity contribution >= 4 is 16.4 Å². The molecule has 0 aliphatic carbocycles. The molecule has 38 heavy (non-hydrogen) atoms. The fourth-order valence-corrected chi connectivity index (χ4v) is 4.27. The highest BCUT2D eigenvalue weighted by Gasteiger charge is 2.18. The molecule has 190 valence electrons. The van der Waals surface area contributed by atoms with E-state index in [0.717, 1.165) is 27.7 Å². The summed E-state index contributed by atoms with van der Waals surface area (Å²) < 4.78 is 13.0. The molecule has 0 radical (unpaired) electrons. The van der Waals surface area contributed by atoms with Crippen molar-refractivity contribution < 1.29 is 14.4 Å². The molecule has 0 fully saturated rings. The molecule has 6 aromatic rings. The van der Waals surface area contributed by atoms with Gasteiger partial charge in [-0.05, 0) is 30.7 Å². The van der Waals surface area contributed by atoms with Crippen LogP contribution in [0, 0.1) is 6.92 Å². The highest BCUT2D eigenvalue weighted by Crippen LogP contribution is 2.29. The number of aliphatic hydroxyl groups is 1. The first-order chi connectivity index (χ1) is 18.7. The SMILES string of the molecule is Cc1cc(-c2nnc3c4ccccc4c(OCc4cccc(CNCC(O)c5ccccc5)n4)nn23)no1. The number of fused-ring (bicyclic) bond motifs is 3. The van der Waals surface area contributed by atoms with Gasteiger partial charge < -0.3 is 19.7 Å². The lowest BCUT2D eigenvalue weighted by molar-refractivity contribution is 0.174. The summed E-state index contributed by atoms with van der Waals surface area (Å²) in [6.45, 7) is 2.99. The van der Waals surface area contributed by atoms with Gasteiger partial charge in [-0.1, -0.05) is 59.8 Å². The number of rotatable bonds is 9. The Hall–Kier alpha value is -4.67. The van der Waals surface area contributed by atoms with E-state index in [-0.39, 0.29) is 6.61 Å². The molecule has 4 aromatic heterocycles. The van der Waals surface area contributed by atoms with Crippen LogP contribution in [0.2, 0.25) is 0 Å². The van der Waals surface area contributed by atoms with Gasteiger partial charge in [0.1, 0.15) is 12.4 Å². The van der Waals surface area contributed by atoms with Crippen molar-refractivity contribution in [3.05, 3.63) is 102 Å². The van der Waals surface area contributed by atoms with Crippen molar-refractivity contribution in [1.82, 2.24) is 35.3 Å². The van der Waals surface area contributed by atoms with Crippen LogP contribution >= 0.6 is 0 Å². The molecular formula is C28H25N7O3. The molecule has 10 heteroatoms. The number of hydrogen-bond donors (Lipinski definition) is 2. The van der Waals surface area contributed by atoms with Gasteiger partial charge in [-0.3, -0.25) is 4.98 Å². The number of aryl methyl sites for hydroxylation is 1. The number of ether oxygens (including phenoxy) is 1. The van der Waals surface area contributed by atoms with Crippen LogP contribution in [-0.4, -0.2) is 41.6 Å². The van der Waals surface area contributed by atoms with Crippen LogP contribution in [0.5, 0.6) is 5.88 Å². The van der Waals surface area contributed by atoms with Crippen LogP contribution in [0.15, 0.2) is 83.4 Å². The Morgan fingerprint density at radius 3 is 2.55 bits per heavy atom. The lowest BCUT2D eigenvalue weighted by Gasteiger charge is -2.13. The number of benzene rings is 2. The summed E-state index contributed by atoms with van der Waals surface area (Å²) in [4.78, 5) is 4.71. The third-order valence-corrected chi connectivity index (χ3v) is 6.14. The summed E-state index contributed by atoms with van der Waals surface area (Å²) in [5.41, 5.74) is 3.63. The van der Waals surface area contributed by atoms with Crippen LogP contribution in [0.25, 0.3) is 27.9 Å². The maximum atomic E-state index is 10.4. The van der Waals surface area contributed by atoms with E-state index in [9.17, 15) is 5.11 Å².